The summed E-state index contributed by atoms with van der Waals surface area (Å²) in [7, 11) is 4.13. The highest BCUT2D eigenvalue weighted by atomic mass is 32.1. The van der Waals surface area contributed by atoms with E-state index in [1.54, 1.807) is 0 Å². The predicted octanol–water partition coefficient (Wildman–Crippen LogP) is 4.71. The van der Waals surface area contributed by atoms with E-state index in [0.717, 1.165) is 36.8 Å². The lowest BCUT2D eigenvalue weighted by Gasteiger charge is -2.30. The summed E-state index contributed by atoms with van der Waals surface area (Å²) in [6, 6.07) is 17.2. The topological polar surface area (TPSA) is 45.6 Å². The van der Waals surface area contributed by atoms with Crippen molar-refractivity contribution in [2.45, 2.75) is 44.9 Å². The molecule has 1 aromatic carbocycles. The van der Waals surface area contributed by atoms with E-state index in [1.165, 1.54) is 28.3 Å². The minimum Gasteiger partial charge on any atom is -0.378 e. The number of anilines is 1. The molecule has 0 unspecified atom stereocenters. The molecule has 2 aliphatic heterocycles. The molecule has 3 atom stereocenters. The third-order valence-electron chi connectivity index (χ3n) is 7.04. The summed E-state index contributed by atoms with van der Waals surface area (Å²) >= 11 is 5.86. The molecule has 7 heteroatoms. The van der Waals surface area contributed by atoms with Gasteiger partial charge < -0.3 is 24.4 Å². The van der Waals surface area contributed by atoms with Gasteiger partial charge in [-0.05, 0) is 86.9 Å². The van der Waals surface area contributed by atoms with Crippen molar-refractivity contribution in [3.05, 3.63) is 77.4 Å². The van der Waals surface area contributed by atoms with Gasteiger partial charge in [0.15, 0.2) is 5.11 Å². The third-order valence-corrected chi connectivity index (χ3v) is 7.39. The van der Waals surface area contributed by atoms with Crippen LogP contribution in [0, 0.1) is 13.8 Å². The zero-order chi connectivity index (χ0) is 23.8. The Morgan fingerprint density at radius 1 is 1.15 bits per heavy atom. The molecule has 5 rings (SSSR count). The van der Waals surface area contributed by atoms with Crippen molar-refractivity contribution in [3.8, 4) is 5.69 Å². The molecule has 6 nitrogen and oxygen atoms in total. The number of hydrogen-bond acceptors (Lipinski definition) is 4. The van der Waals surface area contributed by atoms with Crippen molar-refractivity contribution in [1.82, 2.24) is 19.8 Å². The number of thiocarbonyl (C=S) groups is 1. The van der Waals surface area contributed by atoms with Crippen molar-refractivity contribution in [2.24, 2.45) is 0 Å². The van der Waals surface area contributed by atoms with Crippen LogP contribution in [-0.4, -0.2) is 52.9 Å². The Morgan fingerprint density at radius 2 is 1.94 bits per heavy atom. The summed E-state index contributed by atoms with van der Waals surface area (Å²) in [4.78, 5) is 9.14. The Kier molecular flexibility index (Phi) is 6.32. The van der Waals surface area contributed by atoms with Crippen LogP contribution in [0.3, 0.4) is 0 Å². The molecular formula is C27H33N5OS. The Bertz CT molecular complexity index is 1150. The number of aromatic nitrogens is 2. The maximum atomic E-state index is 5.99. The molecule has 2 aromatic heterocycles. The molecule has 2 fully saturated rings. The van der Waals surface area contributed by atoms with Gasteiger partial charge in [0.05, 0.1) is 23.9 Å². The molecule has 0 bridgehead atoms. The maximum Gasteiger partial charge on any atom is 0.170 e. The summed E-state index contributed by atoms with van der Waals surface area (Å²) in [6.45, 7) is 6.02. The Morgan fingerprint density at radius 3 is 2.59 bits per heavy atom. The van der Waals surface area contributed by atoms with Gasteiger partial charge in [-0.2, -0.15) is 0 Å². The van der Waals surface area contributed by atoms with Crippen LogP contribution in [0.25, 0.3) is 5.69 Å². The summed E-state index contributed by atoms with van der Waals surface area (Å²) in [6.07, 6.45) is 4.27. The smallest absolute Gasteiger partial charge is 0.170 e. The van der Waals surface area contributed by atoms with Crippen LogP contribution in [0.1, 0.15) is 47.6 Å². The molecule has 0 radical (unpaired) electrons. The molecule has 3 aromatic rings. The summed E-state index contributed by atoms with van der Waals surface area (Å²) < 4.78 is 8.34. The predicted molar refractivity (Wildman–Crippen MR) is 141 cm³/mol. The van der Waals surface area contributed by atoms with Crippen molar-refractivity contribution >= 4 is 23.0 Å². The molecular weight excluding hydrogens is 442 g/mol. The first kappa shape index (κ1) is 22.9. The van der Waals surface area contributed by atoms with Crippen molar-refractivity contribution in [3.63, 3.8) is 0 Å². The van der Waals surface area contributed by atoms with Gasteiger partial charge >= 0.3 is 0 Å². The normalized spacial score (nSPS) is 22.3. The fraction of sp³-hybridized carbons (Fsp3) is 0.407. The number of hydrogen-bond donors (Lipinski definition) is 1. The average molecular weight is 476 g/mol. The van der Waals surface area contributed by atoms with Gasteiger partial charge in [0.2, 0.25) is 0 Å². The first-order valence-corrected chi connectivity index (χ1v) is 12.4. The largest absolute Gasteiger partial charge is 0.378 e. The summed E-state index contributed by atoms with van der Waals surface area (Å²) in [5.74, 6) is 0. The van der Waals surface area contributed by atoms with Gasteiger partial charge in [-0.1, -0.05) is 6.07 Å². The first-order chi connectivity index (χ1) is 16.4. The molecule has 4 heterocycles. The summed E-state index contributed by atoms with van der Waals surface area (Å²) in [5, 5.41) is 4.36. The van der Waals surface area contributed by atoms with E-state index >= 15 is 0 Å². The van der Waals surface area contributed by atoms with Gasteiger partial charge in [0, 0.05) is 56.2 Å². The third kappa shape index (κ3) is 4.18. The quantitative estimate of drug-likeness (QED) is 0.521. The Balaban J connectivity index is 1.56. The first-order valence-electron chi connectivity index (χ1n) is 12.0. The average Bonchev–Trinajstić information content (AvgIpc) is 3.54. The van der Waals surface area contributed by atoms with E-state index in [9.17, 15) is 0 Å². The number of benzene rings is 1. The van der Waals surface area contributed by atoms with E-state index in [4.69, 9.17) is 17.0 Å². The van der Waals surface area contributed by atoms with Crippen LogP contribution in [-0.2, 0) is 4.74 Å². The van der Waals surface area contributed by atoms with E-state index in [1.807, 2.05) is 18.3 Å². The van der Waals surface area contributed by atoms with Gasteiger partial charge in [-0.25, -0.2) is 0 Å². The Hall–Kier alpha value is -2.90. The van der Waals surface area contributed by atoms with E-state index in [-0.39, 0.29) is 18.2 Å². The molecule has 2 aliphatic rings. The standard InChI is InChI=1S/C27H33N5OS/c1-18-16-23(19(2)32(18)21-12-10-20(11-13-21)30(3)4)26-25(24-9-5-6-14-28-24)29-27(34)31(26)17-22-8-7-15-33-22/h5-6,9-14,16,22,25-26H,7-8,15,17H2,1-4H3,(H,29,34)/t22-,25-,26+/m0/s1. The molecule has 0 saturated carbocycles. The Labute approximate surface area is 207 Å². The number of ether oxygens (including phenoxy) is 1. The highest BCUT2D eigenvalue weighted by molar-refractivity contribution is 7.80. The minimum atomic E-state index is -0.0137. The van der Waals surface area contributed by atoms with Gasteiger partial charge in [0.1, 0.15) is 0 Å². The number of aryl methyl sites for hydroxylation is 1. The fourth-order valence-electron chi connectivity index (χ4n) is 5.33. The lowest BCUT2D eigenvalue weighted by Crippen LogP contribution is -2.36. The number of nitrogens with zero attached hydrogens (tertiary/aromatic N) is 4. The second kappa shape index (κ2) is 9.39. The SMILES string of the molecule is Cc1cc([C@@H]2[C@H](c3ccccn3)NC(=S)N2C[C@@H]2CCCO2)c(C)n1-c1ccc(N(C)C)cc1. The lowest BCUT2D eigenvalue weighted by atomic mass is 9.96. The summed E-state index contributed by atoms with van der Waals surface area (Å²) in [5.41, 5.74) is 7.07. The second-order valence-electron chi connectivity index (χ2n) is 9.49. The lowest BCUT2D eigenvalue weighted by molar-refractivity contribution is 0.0842. The van der Waals surface area contributed by atoms with Crippen LogP contribution in [0.15, 0.2) is 54.7 Å². The van der Waals surface area contributed by atoms with Gasteiger partial charge in [-0.15, -0.1) is 0 Å². The minimum absolute atomic E-state index is 0.0137. The van der Waals surface area contributed by atoms with E-state index in [2.05, 4.69) is 89.0 Å². The monoisotopic (exact) mass is 475 g/mol. The van der Waals surface area contributed by atoms with Crippen LogP contribution in [0.2, 0.25) is 0 Å². The molecule has 0 aliphatic carbocycles. The van der Waals surface area contributed by atoms with Crippen LogP contribution in [0.5, 0.6) is 0 Å². The number of rotatable bonds is 6. The molecule has 1 N–H and O–H groups in total. The van der Waals surface area contributed by atoms with Crippen LogP contribution >= 0.6 is 12.2 Å². The van der Waals surface area contributed by atoms with Gasteiger partial charge in [0.25, 0.3) is 0 Å². The van der Waals surface area contributed by atoms with Crippen LogP contribution < -0.4 is 10.2 Å². The molecule has 34 heavy (non-hydrogen) atoms. The van der Waals surface area contributed by atoms with Gasteiger partial charge in [-0.3, -0.25) is 4.98 Å². The highest BCUT2D eigenvalue weighted by Gasteiger charge is 2.42. The molecule has 2 saturated heterocycles. The zero-order valence-electron chi connectivity index (χ0n) is 20.4. The van der Waals surface area contributed by atoms with Crippen LogP contribution in [0.4, 0.5) is 5.69 Å². The molecule has 178 valence electrons. The van der Waals surface area contributed by atoms with Crippen molar-refractivity contribution < 1.29 is 4.74 Å². The number of pyridine rings is 1. The highest BCUT2D eigenvalue weighted by Crippen LogP contribution is 2.42. The zero-order valence-corrected chi connectivity index (χ0v) is 21.2. The molecule has 0 spiro atoms. The number of nitrogens with one attached hydrogen (secondary N) is 1. The molecule has 0 amide bonds. The van der Waals surface area contributed by atoms with E-state index < -0.39 is 0 Å². The van der Waals surface area contributed by atoms with E-state index in [0.29, 0.717) is 0 Å². The van der Waals surface area contributed by atoms with Crippen molar-refractivity contribution in [1.29, 1.82) is 0 Å². The van der Waals surface area contributed by atoms with Crippen molar-refractivity contribution in [2.75, 3.05) is 32.1 Å². The fourth-order valence-corrected chi connectivity index (χ4v) is 5.65. The second-order valence-corrected chi connectivity index (χ2v) is 9.87. The maximum absolute atomic E-state index is 5.99.